The third-order valence-corrected chi connectivity index (χ3v) is 2.42. The Morgan fingerprint density at radius 2 is 2.06 bits per heavy atom. The van der Waals surface area contributed by atoms with E-state index in [0.717, 1.165) is 22.3 Å². The lowest BCUT2D eigenvalue weighted by molar-refractivity contribution is 0.146. The van der Waals surface area contributed by atoms with Crippen molar-refractivity contribution in [3.05, 3.63) is 23.9 Å². The Balaban J connectivity index is 2.27. The monoisotopic (exact) mass is 220 g/mol. The molecule has 0 fully saturated rings. The fourth-order valence-electron chi connectivity index (χ4n) is 1.71. The van der Waals surface area contributed by atoms with Crippen molar-refractivity contribution in [2.45, 2.75) is 6.92 Å². The summed E-state index contributed by atoms with van der Waals surface area (Å²) in [4.78, 5) is 3.22. The molecule has 16 heavy (non-hydrogen) atoms. The SMILES string of the molecule is COCCOc1cc(N)c2[nH]c(C)cc2c1. The summed E-state index contributed by atoms with van der Waals surface area (Å²) >= 11 is 0. The number of hydrogen-bond acceptors (Lipinski definition) is 3. The molecule has 1 aromatic carbocycles. The zero-order valence-corrected chi connectivity index (χ0v) is 9.54. The number of H-pyrrole nitrogens is 1. The van der Waals surface area contributed by atoms with Crippen LogP contribution in [0.1, 0.15) is 5.69 Å². The predicted molar refractivity (Wildman–Crippen MR) is 64.8 cm³/mol. The van der Waals surface area contributed by atoms with Crippen LogP contribution in [0.2, 0.25) is 0 Å². The number of methoxy groups -OCH3 is 1. The second-order valence-electron chi connectivity index (χ2n) is 3.77. The Morgan fingerprint density at radius 1 is 1.25 bits per heavy atom. The van der Waals surface area contributed by atoms with Crippen LogP contribution < -0.4 is 10.5 Å². The number of anilines is 1. The number of fused-ring (bicyclic) bond motifs is 1. The zero-order valence-electron chi connectivity index (χ0n) is 9.54. The summed E-state index contributed by atoms with van der Waals surface area (Å²) in [6, 6.07) is 5.85. The van der Waals surface area contributed by atoms with Gasteiger partial charge in [-0.05, 0) is 19.1 Å². The van der Waals surface area contributed by atoms with Gasteiger partial charge in [0.2, 0.25) is 0 Å². The maximum absolute atomic E-state index is 5.93. The standard InChI is InChI=1S/C12H16N2O2/c1-8-5-9-6-10(16-4-3-15-2)7-11(13)12(9)14-8/h5-7,14H,3-4,13H2,1-2H3. The highest BCUT2D eigenvalue weighted by atomic mass is 16.5. The molecule has 2 aromatic rings. The first kappa shape index (κ1) is 10.8. The molecule has 2 rings (SSSR count). The van der Waals surface area contributed by atoms with Crippen LogP contribution in [0.15, 0.2) is 18.2 Å². The summed E-state index contributed by atoms with van der Waals surface area (Å²) in [5, 5.41) is 1.07. The minimum Gasteiger partial charge on any atom is -0.491 e. The normalized spacial score (nSPS) is 10.9. The number of ether oxygens (including phenoxy) is 2. The number of benzene rings is 1. The molecule has 0 aliphatic carbocycles. The maximum Gasteiger partial charge on any atom is 0.122 e. The molecule has 0 bridgehead atoms. The van der Waals surface area contributed by atoms with Gasteiger partial charge in [-0.25, -0.2) is 0 Å². The van der Waals surface area contributed by atoms with Crippen LogP contribution in [0.3, 0.4) is 0 Å². The van der Waals surface area contributed by atoms with E-state index < -0.39 is 0 Å². The highest BCUT2D eigenvalue weighted by Gasteiger charge is 2.04. The summed E-state index contributed by atoms with van der Waals surface area (Å²) in [6.07, 6.45) is 0. The van der Waals surface area contributed by atoms with Crippen LogP contribution in [0.5, 0.6) is 5.75 Å². The molecule has 0 aliphatic rings. The van der Waals surface area contributed by atoms with Crippen molar-refractivity contribution in [1.29, 1.82) is 0 Å². The van der Waals surface area contributed by atoms with Crippen molar-refractivity contribution in [2.75, 3.05) is 26.1 Å². The summed E-state index contributed by atoms with van der Waals surface area (Å²) in [6.45, 7) is 3.11. The molecule has 0 unspecified atom stereocenters. The Labute approximate surface area is 94.3 Å². The minimum atomic E-state index is 0.533. The van der Waals surface area contributed by atoms with E-state index in [0.29, 0.717) is 18.9 Å². The Bertz CT molecular complexity index is 491. The van der Waals surface area contributed by atoms with E-state index in [1.807, 2.05) is 19.1 Å². The molecule has 1 aromatic heterocycles. The summed E-state index contributed by atoms with van der Waals surface area (Å²) in [5.41, 5.74) is 8.70. The van der Waals surface area contributed by atoms with Gasteiger partial charge >= 0.3 is 0 Å². The number of nitrogen functional groups attached to an aromatic ring is 1. The molecule has 0 aliphatic heterocycles. The molecule has 86 valence electrons. The van der Waals surface area contributed by atoms with E-state index in [4.69, 9.17) is 15.2 Å². The van der Waals surface area contributed by atoms with E-state index in [1.165, 1.54) is 0 Å². The van der Waals surface area contributed by atoms with Crippen LogP contribution in [-0.2, 0) is 4.74 Å². The topological polar surface area (TPSA) is 60.3 Å². The quantitative estimate of drug-likeness (QED) is 0.612. The first-order valence-corrected chi connectivity index (χ1v) is 5.21. The first-order chi connectivity index (χ1) is 7.70. The predicted octanol–water partition coefficient (Wildman–Crippen LogP) is 2.08. The Kier molecular flexibility index (Phi) is 3.01. The van der Waals surface area contributed by atoms with Gasteiger partial charge in [-0.15, -0.1) is 0 Å². The second-order valence-corrected chi connectivity index (χ2v) is 3.77. The number of nitrogens with two attached hydrogens (primary N) is 1. The Hall–Kier alpha value is -1.68. The molecule has 4 heteroatoms. The van der Waals surface area contributed by atoms with Crippen LogP contribution in [-0.4, -0.2) is 25.3 Å². The fourth-order valence-corrected chi connectivity index (χ4v) is 1.71. The largest absolute Gasteiger partial charge is 0.491 e. The van der Waals surface area contributed by atoms with Crippen molar-refractivity contribution in [1.82, 2.24) is 4.98 Å². The number of aryl methyl sites for hydroxylation is 1. The lowest BCUT2D eigenvalue weighted by Crippen LogP contribution is -2.04. The van der Waals surface area contributed by atoms with Gasteiger partial charge in [0, 0.05) is 24.3 Å². The van der Waals surface area contributed by atoms with Crippen molar-refractivity contribution >= 4 is 16.6 Å². The fraction of sp³-hybridized carbons (Fsp3) is 0.333. The average Bonchev–Trinajstić information content (AvgIpc) is 2.60. The maximum atomic E-state index is 5.93. The molecular weight excluding hydrogens is 204 g/mol. The zero-order chi connectivity index (χ0) is 11.5. The second kappa shape index (κ2) is 4.45. The van der Waals surface area contributed by atoms with Crippen LogP contribution in [0.4, 0.5) is 5.69 Å². The van der Waals surface area contributed by atoms with Gasteiger partial charge in [0.15, 0.2) is 0 Å². The molecule has 0 radical (unpaired) electrons. The van der Waals surface area contributed by atoms with Gasteiger partial charge in [-0.2, -0.15) is 0 Å². The summed E-state index contributed by atoms with van der Waals surface area (Å²) in [5.74, 6) is 0.779. The number of aromatic amines is 1. The lowest BCUT2D eigenvalue weighted by Gasteiger charge is -2.06. The van der Waals surface area contributed by atoms with E-state index in [2.05, 4.69) is 11.1 Å². The van der Waals surface area contributed by atoms with Crippen molar-refractivity contribution in [3.8, 4) is 5.75 Å². The molecule has 3 N–H and O–H groups in total. The van der Waals surface area contributed by atoms with Crippen molar-refractivity contribution in [3.63, 3.8) is 0 Å². The molecule has 4 nitrogen and oxygen atoms in total. The summed E-state index contributed by atoms with van der Waals surface area (Å²) < 4.78 is 10.4. The molecule has 0 amide bonds. The highest BCUT2D eigenvalue weighted by molar-refractivity contribution is 5.92. The molecule has 0 saturated heterocycles. The number of rotatable bonds is 4. The van der Waals surface area contributed by atoms with Gasteiger partial charge in [0.05, 0.1) is 17.8 Å². The smallest absolute Gasteiger partial charge is 0.122 e. The number of hydrogen-bond donors (Lipinski definition) is 2. The Morgan fingerprint density at radius 3 is 2.81 bits per heavy atom. The van der Waals surface area contributed by atoms with Crippen LogP contribution in [0.25, 0.3) is 10.9 Å². The van der Waals surface area contributed by atoms with Gasteiger partial charge in [0.1, 0.15) is 12.4 Å². The van der Waals surface area contributed by atoms with Crippen LogP contribution in [0, 0.1) is 6.92 Å². The van der Waals surface area contributed by atoms with E-state index in [1.54, 1.807) is 7.11 Å². The first-order valence-electron chi connectivity index (χ1n) is 5.21. The average molecular weight is 220 g/mol. The van der Waals surface area contributed by atoms with Gasteiger partial charge in [-0.3, -0.25) is 0 Å². The third-order valence-electron chi connectivity index (χ3n) is 2.42. The number of nitrogens with one attached hydrogen (secondary N) is 1. The number of aromatic nitrogens is 1. The molecule has 1 heterocycles. The van der Waals surface area contributed by atoms with Crippen molar-refractivity contribution < 1.29 is 9.47 Å². The molecule has 0 saturated carbocycles. The van der Waals surface area contributed by atoms with E-state index >= 15 is 0 Å². The molecule has 0 spiro atoms. The van der Waals surface area contributed by atoms with Gasteiger partial charge in [-0.1, -0.05) is 0 Å². The molecular formula is C12H16N2O2. The summed E-state index contributed by atoms with van der Waals surface area (Å²) in [7, 11) is 1.65. The van der Waals surface area contributed by atoms with Gasteiger partial charge < -0.3 is 20.2 Å². The van der Waals surface area contributed by atoms with Gasteiger partial charge in [0.25, 0.3) is 0 Å². The van der Waals surface area contributed by atoms with Crippen molar-refractivity contribution in [2.24, 2.45) is 0 Å². The van der Waals surface area contributed by atoms with Crippen LogP contribution >= 0.6 is 0 Å². The third kappa shape index (κ3) is 2.12. The minimum absolute atomic E-state index is 0.533. The van der Waals surface area contributed by atoms with E-state index in [9.17, 15) is 0 Å². The molecule has 0 atom stereocenters. The lowest BCUT2D eigenvalue weighted by atomic mass is 10.2. The van der Waals surface area contributed by atoms with E-state index in [-0.39, 0.29) is 0 Å². The highest BCUT2D eigenvalue weighted by Crippen LogP contribution is 2.27.